The summed E-state index contributed by atoms with van der Waals surface area (Å²) in [5.74, 6) is -0.0132. The molecule has 1 amide bonds. The number of benzene rings is 1. The second-order valence-corrected chi connectivity index (χ2v) is 5.68. The first-order valence-corrected chi connectivity index (χ1v) is 7.14. The molecule has 0 spiro atoms. The van der Waals surface area contributed by atoms with Gasteiger partial charge in [-0.2, -0.15) is 5.10 Å². The summed E-state index contributed by atoms with van der Waals surface area (Å²) >= 11 is 0. The lowest BCUT2D eigenvalue weighted by atomic mass is 9.97. The van der Waals surface area contributed by atoms with E-state index >= 15 is 0 Å². The van der Waals surface area contributed by atoms with Crippen LogP contribution in [-0.2, 0) is 13.5 Å². The third-order valence-electron chi connectivity index (χ3n) is 4.15. The van der Waals surface area contributed by atoms with Crippen LogP contribution < -0.4 is 10.6 Å². The first-order valence-electron chi connectivity index (χ1n) is 7.14. The molecule has 1 aromatic carbocycles. The van der Waals surface area contributed by atoms with E-state index in [4.69, 9.17) is 5.73 Å². The highest BCUT2D eigenvalue weighted by Crippen LogP contribution is 2.29. The van der Waals surface area contributed by atoms with Gasteiger partial charge in [0.15, 0.2) is 0 Å². The molecule has 21 heavy (non-hydrogen) atoms. The van der Waals surface area contributed by atoms with E-state index in [2.05, 4.69) is 5.10 Å². The van der Waals surface area contributed by atoms with Gasteiger partial charge in [-0.25, -0.2) is 0 Å². The minimum atomic E-state index is -0.0267. The Labute approximate surface area is 124 Å². The van der Waals surface area contributed by atoms with Crippen molar-refractivity contribution < 1.29 is 4.79 Å². The van der Waals surface area contributed by atoms with E-state index in [9.17, 15) is 4.79 Å². The van der Waals surface area contributed by atoms with Gasteiger partial charge in [0, 0.05) is 31.0 Å². The summed E-state index contributed by atoms with van der Waals surface area (Å²) in [6, 6.07) is 7.94. The van der Waals surface area contributed by atoms with Crippen molar-refractivity contribution in [1.29, 1.82) is 0 Å². The van der Waals surface area contributed by atoms with Gasteiger partial charge in [-0.05, 0) is 31.9 Å². The Morgan fingerprint density at radius 1 is 1.33 bits per heavy atom. The van der Waals surface area contributed by atoms with E-state index in [1.165, 1.54) is 0 Å². The quantitative estimate of drug-likeness (QED) is 0.864. The zero-order valence-electron chi connectivity index (χ0n) is 12.6. The zero-order valence-corrected chi connectivity index (χ0v) is 12.6. The molecule has 0 saturated carbocycles. The second-order valence-electron chi connectivity index (χ2n) is 5.68. The SMILES string of the molecule is Cc1nn(C)c(C)c1C(=O)N1CC(N)Cc2ccccc21. The molecule has 2 heterocycles. The van der Waals surface area contributed by atoms with Crippen molar-refractivity contribution in [3.8, 4) is 0 Å². The number of fused-ring (bicyclic) bond motifs is 1. The van der Waals surface area contributed by atoms with Gasteiger partial charge in [0.2, 0.25) is 0 Å². The molecule has 1 aromatic heterocycles. The van der Waals surface area contributed by atoms with E-state index in [1.807, 2.05) is 45.2 Å². The van der Waals surface area contributed by atoms with Crippen molar-refractivity contribution in [3.05, 3.63) is 46.8 Å². The Morgan fingerprint density at radius 2 is 2.05 bits per heavy atom. The van der Waals surface area contributed by atoms with Crippen LogP contribution in [0.25, 0.3) is 0 Å². The molecule has 5 nitrogen and oxygen atoms in total. The third kappa shape index (κ3) is 2.23. The standard InChI is InChI=1S/C16H20N4O/c1-10-15(11(2)19(3)18-10)16(21)20-9-13(17)8-12-6-4-5-7-14(12)20/h4-7,13H,8-9,17H2,1-3H3. The van der Waals surface area contributed by atoms with Gasteiger partial charge in [0.25, 0.3) is 5.91 Å². The van der Waals surface area contributed by atoms with Crippen LogP contribution in [0.5, 0.6) is 0 Å². The van der Waals surface area contributed by atoms with Crippen LogP contribution >= 0.6 is 0 Å². The highest BCUT2D eigenvalue weighted by atomic mass is 16.2. The lowest BCUT2D eigenvalue weighted by Crippen LogP contribution is -2.46. The maximum absolute atomic E-state index is 13.0. The van der Waals surface area contributed by atoms with Crippen LogP contribution in [0.15, 0.2) is 24.3 Å². The average Bonchev–Trinajstić information content (AvgIpc) is 2.70. The Hall–Kier alpha value is -2.14. The first kappa shape index (κ1) is 13.8. The fourth-order valence-corrected chi connectivity index (χ4v) is 3.04. The number of anilines is 1. The Bertz CT molecular complexity index is 704. The summed E-state index contributed by atoms with van der Waals surface area (Å²) < 4.78 is 1.75. The smallest absolute Gasteiger partial charge is 0.262 e. The number of aryl methyl sites for hydroxylation is 2. The van der Waals surface area contributed by atoms with Crippen molar-refractivity contribution in [2.24, 2.45) is 12.8 Å². The van der Waals surface area contributed by atoms with Crippen LogP contribution in [-0.4, -0.2) is 28.3 Å². The minimum absolute atomic E-state index is 0.0132. The van der Waals surface area contributed by atoms with E-state index in [1.54, 1.807) is 9.58 Å². The molecule has 3 rings (SSSR count). The molecule has 1 aliphatic rings. The zero-order chi connectivity index (χ0) is 15.1. The summed E-state index contributed by atoms with van der Waals surface area (Å²) in [4.78, 5) is 14.8. The summed E-state index contributed by atoms with van der Waals surface area (Å²) in [6.45, 7) is 4.34. The molecular weight excluding hydrogens is 264 g/mol. The van der Waals surface area contributed by atoms with Crippen LogP contribution in [0.4, 0.5) is 5.69 Å². The molecule has 1 aliphatic heterocycles. The largest absolute Gasteiger partial charge is 0.326 e. The predicted molar refractivity (Wildman–Crippen MR) is 82.5 cm³/mol. The fraction of sp³-hybridized carbons (Fsp3) is 0.375. The number of hydrogen-bond acceptors (Lipinski definition) is 3. The monoisotopic (exact) mass is 284 g/mol. The highest BCUT2D eigenvalue weighted by Gasteiger charge is 2.30. The number of carbonyl (C=O) groups is 1. The number of nitrogens with two attached hydrogens (primary N) is 1. The Balaban J connectivity index is 2.06. The van der Waals surface area contributed by atoms with Crippen molar-refractivity contribution >= 4 is 11.6 Å². The molecule has 0 bridgehead atoms. The van der Waals surface area contributed by atoms with Gasteiger partial charge in [-0.15, -0.1) is 0 Å². The molecule has 110 valence electrons. The Kier molecular flexibility index (Phi) is 3.29. The van der Waals surface area contributed by atoms with E-state index in [0.717, 1.165) is 29.1 Å². The average molecular weight is 284 g/mol. The van der Waals surface area contributed by atoms with Crippen LogP contribution in [0.1, 0.15) is 27.3 Å². The maximum atomic E-state index is 13.0. The second kappa shape index (κ2) is 5.00. The molecule has 0 fully saturated rings. The maximum Gasteiger partial charge on any atom is 0.262 e. The number of aromatic nitrogens is 2. The Morgan fingerprint density at radius 3 is 2.71 bits per heavy atom. The van der Waals surface area contributed by atoms with Crippen LogP contribution in [0.2, 0.25) is 0 Å². The molecule has 0 aliphatic carbocycles. The normalized spacial score (nSPS) is 17.7. The van der Waals surface area contributed by atoms with Crippen LogP contribution in [0, 0.1) is 13.8 Å². The topological polar surface area (TPSA) is 64.2 Å². The number of hydrogen-bond donors (Lipinski definition) is 1. The summed E-state index contributed by atoms with van der Waals surface area (Å²) in [6.07, 6.45) is 0.810. The number of carbonyl (C=O) groups excluding carboxylic acids is 1. The summed E-state index contributed by atoms with van der Waals surface area (Å²) in [5.41, 5.74) is 10.5. The van der Waals surface area contributed by atoms with Crippen molar-refractivity contribution in [2.45, 2.75) is 26.3 Å². The molecule has 0 saturated heterocycles. The molecule has 1 unspecified atom stereocenters. The first-order chi connectivity index (χ1) is 9.99. The molecule has 1 atom stereocenters. The van der Waals surface area contributed by atoms with Gasteiger partial charge in [0.1, 0.15) is 0 Å². The van der Waals surface area contributed by atoms with Gasteiger partial charge < -0.3 is 10.6 Å². The van der Waals surface area contributed by atoms with Crippen LogP contribution in [0.3, 0.4) is 0 Å². The number of para-hydroxylation sites is 1. The lowest BCUT2D eigenvalue weighted by Gasteiger charge is -2.33. The number of amides is 1. The van der Waals surface area contributed by atoms with Crippen molar-refractivity contribution in [3.63, 3.8) is 0 Å². The lowest BCUT2D eigenvalue weighted by molar-refractivity contribution is 0.0982. The van der Waals surface area contributed by atoms with Gasteiger partial charge in [0.05, 0.1) is 11.3 Å². The minimum Gasteiger partial charge on any atom is -0.326 e. The van der Waals surface area contributed by atoms with Gasteiger partial charge in [-0.3, -0.25) is 9.48 Å². The molecular formula is C16H20N4O. The molecule has 2 aromatic rings. The predicted octanol–water partition coefficient (Wildman–Crippen LogP) is 1.57. The summed E-state index contributed by atoms with van der Waals surface area (Å²) in [5, 5.41) is 4.34. The number of nitrogens with zero attached hydrogens (tertiary/aromatic N) is 3. The van der Waals surface area contributed by atoms with E-state index in [-0.39, 0.29) is 11.9 Å². The van der Waals surface area contributed by atoms with Crippen molar-refractivity contribution in [2.75, 3.05) is 11.4 Å². The number of rotatable bonds is 1. The van der Waals surface area contributed by atoms with Crippen molar-refractivity contribution in [1.82, 2.24) is 9.78 Å². The van der Waals surface area contributed by atoms with Gasteiger partial charge in [-0.1, -0.05) is 18.2 Å². The molecule has 5 heteroatoms. The third-order valence-corrected chi connectivity index (χ3v) is 4.15. The molecule has 2 N–H and O–H groups in total. The van der Waals surface area contributed by atoms with E-state index in [0.29, 0.717) is 12.1 Å². The fourth-order valence-electron chi connectivity index (χ4n) is 3.04. The van der Waals surface area contributed by atoms with Gasteiger partial charge >= 0.3 is 0 Å². The molecule has 0 radical (unpaired) electrons. The summed E-state index contributed by atoms with van der Waals surface area (Å²) in [7, 11) is 1.86. The van der Waals surface area contributed by atoms with E-state index < -0.39 is 0 Å². The highest BCUT2D eigenvalue weighted by molar-refractivity contribution is 6.08.